The zero-order chi connectivity index (χ0) is 9.12. The van der Waals surface area contributed by atoms with Crippen LogP contribution in [0.3, 0.4) is 0 Å². The Labute approximate surface area is 73.8 Å². The summed E-state index contributed by atoms with van der Waals surface area (Å²) >= 11 is 0. The molecular formula is C9H22B2. The molecule has 0 aromatic carbocycles. The van der Waals surface area contributed by atoms with Gasteiger partial charge < -0.3 is 0 Å². The summed E-state index contributed by atoms with van der Waals surface area (Å²) in [6, 6.07) is 0. The van der Waals surface area contributed by atoms with E-state index in [4.69, 9.17) is 0 Å². The highest BCUT2D eigenvalue weighted by molar-refractivity contribution is 6.56. The van der Waals surface area contributed by atoms with Crippen molar-refractivity contribution in [2.75, 3.05) is 0 Å². The molecule has 11 heavy (non-hydrogen) atoms. The van der Waals surface area contributed by atoms with Crippen molar-refractivity contribution in [1.29, 1.82) is 0 Å². The van der Waals surface area contributed by atoms with Gasteiger partial charge in [-0.1, -0.05) is 58.0 Å². The van der Waals surface area contributed by atoms with Crippen LogP contribution in [0.2, 0.25) is 10.5 Å². The van der Waals surface area contributed by atoms with Crippen molar-refractivity contribution in [2.24, 2.45) is 0 Å². The number of rotatable bonds is 4. The smallest absolute Gasteiger partial charge is 0.0836 e. The maximum atomic E-state index is 2.37. The summed E-state index contributed by atoms with van der Waals surface area (Å²) < 4.78 is 0. The Hall–Kier alpha value is 0.130. The zero-order valence-corrected chi connectivity index (χ0v) is 9.12. The number of hydrogen-bond donors (Lipinski definition) is 0. The van der Waals surface area contributed by atoms with Crippen molar-refractivity contribution in [1.82, 2.24) is 0 Å². The Morgan fingerprint density at radius 1 is 1.09 bits per heavy atom. The molecule has 0 fully saturated rings. The molecule has 0 nitrogen and oxygen atoms in total. The number of hydrogen-bond acceptors (Lipinski definition) is 0. The van der Waals surface area contributed by atoms with Crippen molar-refractivity contribution < 1.29 is 0 Å². The monoisotopic (exact) mass is 152 g/mol. The molecule has 0 bridgehead atoms. The van der Waals surface area contributed by atoms with Gasteiger partial charge in [0.2, 0.25) is 0 Å². The van der Waals surface area contributed by atoms with Gasteiger partial charge in [0.15, 0.2) is 0 Å². The quantitative estimate of drug-likeness (QED) is 0.541. The van der Waals surface area contributed by atoms with E-state index in [0.29, 0.717) is 10.5 Å². The molecule has 64 valence electrons. The molecule has 0 aliphatic rings. The fraction of sp³-hybridized carbons (Fsp3) is 1.00. The Kier molecular flexibility index (Phi) is 3.73. The van der Waals surface area contributed by atoms with Crippen LogP contribution in [0.25, 0.3) is 0 Å². The predicted octanol–water partition coefficient (Wildman–Crippen LogP) is 2.21. The average molecular weight is 152 g/mol. The summed E-state index contributed by atoms with van der Waals surface area (Å²) in [6.07, 6.45) is 2.58. The van der Waals surface area contributed by atoms with Crippen LogP contribution in [0.5, 0.6) is 0 Å². The maximum absolute atomic E-state index is 2.37. The van der Waals surface area contributed by atoms with E-state index in [2.05, 4.69) is 42.5 Å². The fourth-order valence-electron chi connectivity index (χ4n) is 1.55. The summed E-state index contributed by atoms with van der Waals surface area (Å²) in [5.74, 6) is 0. The van der Waals surface area contributed by atoms with Crippen LogP contribution >= 0.6 is 0 Å². The van der Waals surface area contributed by atoms with Crippen LogP contribution in [0.15, 0.2) is 0 Å². The summed E-state index contributed by atoms with van der Waals surface area (Å²) in [7, 11) is 3.71. The normalized spacial score (nSPS) is 17.5. The van der Waals surface area contributed by atoms with Crippen molar-refractivity contribution in [3.63, 3.8) is 0 Å². The molecule has 1 unspecified atom stereocenters. The molecule has 0 saturated heterocycles. The van der Waals surface area contributed by atoms with Crippen molar-refractivity contribution in [3.8, 4) is 0 Å². The molecule has 0 N–H and O–H groups in total. The molecule has 0 aliphatic carbocycles. The van der Waals surface area contributed by atoms with E-state index in [9.17, 15) is 0 Å². The molecule has 2 heteroatoms. The SMILES string of the molecule is BC(C)(BC(C)(C)CC)CC. The maximum Gasteiger partial charge on any atom is 0.125 e. The lowest BCUT2D eigenvalue weighted by atomic mass is 9.33. The van der Waals surface area contributed by atoms with Crippen molar-refractivity contribution >= 4 is 15.1 Å². The van der Waals surface area contributed by atoms with Crippen LogP contribution in [-0.2, 0) is 0 Å². The molecule has 0 aliphatic heterocycles. The van der Waals surface area contributed by atoms with E-state index >= 15 is 0 Å². The Balaban J connectivity index is 4.02. The highest BCUT2D eigenvalue weighted by Gasteiger charge is 2.27. The van der Waals surface area contributed by atoms with Crippen LogP contribution in [0.1, 0.15) is 47.5 Å². The van der Waals surface area contributed by atoms with Crippen molar-refractivity contribution in [2.45, 2.75) is 58.0 Å². The topological polar surface area (TPSA) is 0 Å². The summed E-state index contributed by atoms with van der Waals surface area (Å²) in [6.45, 7) is 11.7. The van der Waals surface area contributed by atoms with Crippen LogP contribution < -0.4 is 0 Å². The molecule has 0 spiro atoms. The van der Waals surface area contributed by atoms with Gasteiger partial charge in [0.05, 0.1) is 7.85 Å². The van der Waals surface area contributed by atoms with Gasteiger partial charge in [-0.25, -0.2) is 0 Å². The molecule has 0 radical (unpaired) electrons. The van der Waals surface area contributed by atoms with E-state index in [1.807, 2.05) is 0 Å². The zero-order valence-electron chi connectivity index (χ0n) is 9.12. The minimum Gasteiger partial charge on any atom is -0.0836 e. The molecule has 0 saturated carbocycles. The lowest BCUT2D eigenvalue weighted by Crippen LogP contribution is -2.25. The minimum absolute atomic E-state index is 0.527. The molecule has 0 aromatic heterocycles. The van der Waals surface area contributed by atoms with Gasteiger partial charge in [-0.05, 0) is 0 Å². The Morgan fingerprint density at radius 3 is 1.82 bits per heavy atom. The first-order valence-corrected chi connectivity index (χ1v) is 4.83. The highest BCUT2D eigenvalue weighted by Crippen LogP contribution is 2.37. The van der Waals surface area contributed by atoms with Crippen LogP contribution in [0.4, 0.5) is 0 Å². The van der Waals surface area contributed by atoms with Gasteiger partial charge in [0, 0.05) is 0 Å². The lowest BCUT2D eigenvalue weighted by Gasteiger charge is -2.32. The first-order chi connectivity index (χ1) is 4.83. The largest absolute Gasteiger partial charge is 0.125 e. The second-order valence-corrected chi connectivity index (χ2v) is 5.21. The van der Waals surface area contributed by atoms with Crippen molar-refractivity contribution in [3.05, 3.63) is 0 Å². The van der Waals surface area contributed by atoms with Gasteiger partial charge in [0.1, 0.15) is 7.28 Å². The molecular weight excluding hydrogens is 130 g/mol. The van der Waals surface area contributed by atoms with Gasteiger partial charge in [-0.15, -0.1) is 0 Å². The third kappa shape index (κ3) is 4.55. The highest BCUT2D eigenvalue weighted by atomic mass is 14.1. The van der Waals surface area contributed by atoms with E-state index in [1.54, 1.807) is 0 Å². The molecule has 1 atom stereocenters. The molecule has 0 rings (SSSR count). The van der Waals surface area contributed by atoms with Gasteiger partial charge in [-0.3, -0.25) is 0 Å². The summed E-state index contributed by atoms with van der Waals surface area (Å²) in [5, 5.41) is 1.05. The molecule has 0 aromatic rings. The van der Waals surface area contributed by atoms with E-state index in [0.717, 1.165) is 0 Å². The lowest BCUT2D eigenvalue weighted by molar-refractivity contribution is 0.616. The Bertz CT molecular complexity index is 103. The molecule has 0 amide bonds. The summed E-state index contributed by atoms with van der Waals surface area (Å²) in [5.41, 5.74) is 0. The van der Waals surface area contributed by atoms with Gasteiger partial charge >= 0.3 is 0 Å². The minimum atomic E-state index is 0.527. The van der Waals surface area contributed by atoms with Crippen LogP contribution in [-0.4, -0.2) is 15.1 Å². The standard InChI is InChI=1S/C9H22B2/c1-6-8(3,4)11-9(5,10)7-2/h11H,6-7,10H2,1-5H3. The van der Waals surface area contributed by atoms with E-state index in [-0.39, 0.29) is 0 Å². The second-order valence-electron chi connectivity index (χ2n) is 5.21. The van der Waals surface area contributed by atoms with Crippen LogP contribution in [0, 0.1) is 0 Å². The second kappa shape index (κ2) is 3.69. The third-order valence-electron chi connectivity index (χ3n) is 2.87. The van der Waals surface area contributed by atoms with E-state index in [1.165, 1.54) is 20.1 Å². The fourth-order valence-corrected chi connectivity index (χ4v) is 1.55. The van der Waals surface area contributed by atoms with Gasteiger partial charge in [0.25, 0.3) is 0 Å². The summed E-state index contributed by atoms with van der Waals surface area (Å²) in [4.78, 5) is 0. The predicted molar refractivity (Wildman–Crippen MR) is 58.7 cm³/mol. The first-order valence-electron chi connectivity index (χ1n) is 4.83. The average Bonchev–Trinajstić information content (AvgIpc) is 1.86. The Morgan fingerprint density at radius 2 is 1.55 bits per heavy atom. The third-order valence-corrected chi connectivity index (χ3v) is 2.87. The molecule has 0 heterocycles. The first kappa shape index (κ1) is 11.1. The van der Waals surface area contributed by atoms with E-state index < -0.39 is 0 Å². The van der Waals surface area contributed by atoms with Gasteiger partial charge in [-0.2, -0.15) is 0 Å².